The molecule has 1 atom stereocenters. The number of carbonyl (C=O) groups excluding carboxylic acids is 4. The van der Waals surface area contributed by atoms with Crippen LogP contribution in [-0.4, -0.2) is 65.1 Å². The van der Waals surface area contributed by atoms with E-state index in [4.69, 9.17) is 9.47 Å². The maximum absolute atomic E-state index is 13.2. The molecule has 1 heterocycles. The first-order chi connectivity index (χ1) is 17.1. The lowest BCUT2D eigenvalue weighted by atomic mass is 9.93. The summed E-state index contributed by atoms with van der Waals surface area (Å²) in [7, 11) is 0. The van der Waals surface area contributed by atoms with Crippen LogP contribution in [0.4, 0.5) is 23.8 Å². The number of nitrogens with zero attached hydrogens (tertiary/aromatic N) is 2. The van der Waals surface area contributed by atoms with Gasteiger partial charge in [0.1, 0.15) is 29.4 Å². The number of ketones is 2. The number of alkyl halides is 3. The summed E-state index contributed by atoms with van der Waals surface area (Å²) < 4.78 is 48.0. The number of benzene rings is 1. The van der Waals surface area contributed by atoms with Crippen LogP contribution >= 0.6 is 0 Å². The van der Waals surface area contributed by atoms with Gasteiger partial charge in [-0.25, -0.2) is 14.8 Å². The van der Waals surface area contributed by atoms with Gasteiger partial charge in [0.2, 0.25) is 0 Å². The van der Waals surface area contributed by atoms with Crippen molar-refractivity contribution in [2.75, 3.05) is 25.0 Å². The Balaban J connectivity index is 2.30. The number of rotatable bonds is 10. The highest BCUT2D eigenvalue weighted by Gasteiger charge is 2.32. The van der Waals surface area contributed by atoms with Crippen molar-refractivity contribution in [2.45, 2.75) is 52.8 Å². The first-order valence-electron chi connectivity index (χ1n) is 11.4. The zero-order chi connectivity index (χ0) is 28.0. The minimum absolute atomic E-state index is 0.00436. The molecule has 1 amide bonds. The van der Waals surface area contributed by atoms with Crippen LogP contribution in [0.3, 0.4) is 0 Å². The van der Waals surface area contributed by atoms with Crippen molar-refractivity contribution in [3.05, 3.63) is 29.5 Å². The molecule has 0 aliphatic rings. The minimum Gasteiger partial charge on any atom is -0.465 e. The molecule has 2 aromatic rings. The highest BCUT2D eigenvalue weighted by atomic mass is 19.4. The van der Waals surface area contributed by atoms with Crippen LogP contribution in [0.5, 0.6) is 0 Å². The summed E-state index contributed by atoms with van der Waals surface area (Å²) in [4.78, 5) is 58.7. The Labute approximate surface area is 211 Å². The van der Waals surface area contributed by atoms with Crippen LogP contribution in [-0.2, 0) is 19.1 Å². The third kappa shape index (κ3) is 8.99. The molecule has 202 valence electrons. The average molecular weight is 527 g/mol. The Kier molecular flexibility index (Phi) is 9.54. The Morgan fingerprint density at radius 1 is 1.08 bits per heavy atom. The summed E-state index contributed by atoms with van der Waals surface area (Å²) in [6.07, 6.45) is -6.00. The smallest absolute Gasteiger partial charge is 0.408 e. The van der Waals surface area contributed by atoms with Crippen molar-refractivity contribution in [3.63, 3.8) is 0 Å². The van der Waals surface area contributed by atoms with Gasteiger partial charge >= 0.3 is 18.2 Å². The van der Waals surface area contributed by atoms with Crippen LogP contribution in [0.25, 0.3) is 11.0 Å². The van der Waals surface area contributed by atoms with Crippen LogP contribution in [0.2, 0.25) is 0 Å². The monoisotopic (exact) mass is 526 g/mol. The SMILES string of the molecule is CCOC(=O)C(CC(=O)c1cccc2nc(C)c(NCC(F)(F)F)nc12)C(=O)CNC(=O)OC(C)(C)C. The van der Waals surface area contributed by atoms with E-state index in [-0.39, 0.29) is 34.7 Å². The molecule has 0 aliphatic heterocycles. The van der Waals surface area contributed by atoms with Gasteiger partial charge in [0.25, 0.3) is 0 Å². The Hall–Kier alpha value is -3.77. The third-order valence-electron chi connectivity index (χ3n) is 4.78. The van der Waals surface area contributed by atoms with Crippen molar-refractivity contribution in [1.82, 2.24) is 15.3 Å². The summed E-state index contributed by atoms with van der Waals surface area (Å²) in [6, 6.07) is 4.39. The topological polar surface area (TPSA) is 137 Å². The van der Waals surface area contributed by atoms with E-state index < -0.39 is 60.8 Å². The standard InChI is InChI=1S/C24H29F3N4O6/c1-6-36-21(34)15(18(33)11-28-22(35)37-23(3,4)5)10-17(32)14-8-7-9-16-19(14)31-20(13(2)30-16)29-12-24(25,26)27/h7-9,15H,6,10-12H2,1-5H3,(H,28,35)(H,29,31). The number of Topliss-reactive ketones (excluding diaryl/α,β-unsaturated/α-hetero) is 2. The molecule has 13 heteroatoms. The minimum atomic E-state index is -4.50. The molecule has 0 fully saturated rings. The van der Waals surface area contributed by atoms with E-state index in [0.29, 0.717) is 0 Å². The quantitative estimate of drug-likeness (QED) is 0.269. The molecule has 1 unspecified atom stereocenters. The number of para-hydroxylation sites is 1. The molecular weight excluding hydrogens is 497 g/mol. The molecule has 2 N–H and O–H groups in total. The van der Waals surface area contributed by atoms with Crippen LogP contribution in [0.15, 0.2) is 18.2 Å². The Bertz CT molecular complexity index is 1180. The van der Waals surface area contributed by atoms with E-state index in [1.165, 1.54) is 32.0 Å². The number of esters is 1. The highest BCUT2D eigenvalue weighted by molar-refractivity contribution is 6.11. The fourth-order valence-corrected chi connectivity index (χ4v) is 3.21. The van der Waals surface area contributed by atoms with Crippen molar-refractivity contribution in [2.24, 2.45) is 5.92 Å². The van der Waals surface area contributed by atoms with Crippen LogP contribution in [0.1, 0.15) is 50.2 Å². The van der Waals surface area contributed by atoms with Gasteiger partial charge < -0.3 is 20.1 Å². The second-order valence-corrected chi connectivity index (χ2v) is 9.05. The number of amides is 1. The van der Waals surface area contributed by atoms with E-state index in [9.17, 15) is 32.3 Å². The van der Waals surface area contributed by atoms with Gasteiger partial charge in [-0.15, -0.1) is 0 Å². The fraction of sp³-hybridized carbons (Fsp3) is 0.500. The van der Waals surface area contributed by atoms with Crippen molar-refractivity contribution in [3.8, 4) is 0 Å². The summed E-state index contributed by atoms with van der Waals surface area (Å²) in [6.45, 7) is 5.89. The largest absolute Gasteiger partial charge is 0.465 e. The lowest BCUT2D eigenvalue weighted by Gasteiger charge is -2.20. The normalized spacial score (nSPS) is 12.5. The second-order valence-electron chi connectivity index (χ2n) is 9.05. The predicted molar refractivity (Wildman–Crippen MR) is 127 cm³/mol. The molecule has 37 heavy (non-hydrogen) atoms. The number of hydrogen-bond acceptors (Lipinski definition) is 9. The molecule has 0 saturated carbocycles. The fourth-order valence-electron chi connectivity index (χ4n) is 3.21. The highest BCUT2D eigenvalue weighted by Crippen LogP contribution is 2.24. The zero-order valence-electron chi connectivity index (χ0n) is 21.1. The van der Waals surface area contributed by atoms with E-state index in [1.807, 2.05) is 0 Å². The van der Waals surface area contributed by atoms with E-state index in [0.717, 1.165) is 0 Å². The summed E-state index contributed by atoms with van der Waals surface area (Å²) in [5.74, 6) is -4.13. The number of fused-ring (bicyclic) bond motifs is 1. The molecule has 0 radical (unpaired) electrons. The molecule has 0 bridgehead atoms. The van der Waals surface area contributed by atoms with Crippen LogP contribution in [0, 0.1) is 12.8 Å². The second kappa shape index (κ2) is 12.0. The Morgan fingerprint density at radius 3 is 2.35 bits per heavy atom. The van der Waals surface area contributed by atoms with Gasteiger partial charge in [0.15, 0.2) is 11.6 Å². The van der Waals surface area contributed by atoms with Crippen molar-refractivity contribution in [1.29, 1.82) is 0 Å². The van der Waals surface area contributed by atoms with Gasteiger partial charge in [-0.1, -0.05) is 6.07 Å². The maximum atomic E-state index is 13.2. The number of alkyl carbamates (subject to hydrolysis) is 1. The summed E-state index contributed by atoms with van der Waals surface area (Å²) in [5, 5.41) is 4.40. The lowest BCUT2D eigenvalue weighted by molar-refractivity contribution is -0.151. The average Bonchev–Trinajstić information content (AvgIpc) is 2.77. The number of nitrogens with one attached hydrogen (secondary N) is 2. The lowest BCUT2D eigenvalue weighted by Crippen LogP contribution is -2.40. The van der Waals surface area contributed by atoms with Crippen molar-refractivity contribution < 1.29 is 41.8 Å². The first-order valence-corrected chi connectivity index (χ1v) is 11.4. The molecule has 0 saturated heterocycles. The number of ether oxygens (including phenoxy) is 2. The number of halogens is 3. The van der Waals surface area contributed by atoms with E-state index in [1.54, 1.807) is 20.8 Å². The third-order valence-corrected chi connectivity index (χ3v) is 4.78. The maximum Gasteiger partial charge on any atom is 0.408 e. The molecule has 10 nitrogen and oxygen atoms in total. The number of hydrogen-bond donors (Lipinski definition) is 2. The number of aromatic nitrogens is 2. The molecule has 1 aromatic heterocycles. The van der Waals surface area contributed by atoms with Gasteiger partial charge in [0, 0.05) is 12.0 Å². The molecule has 1 aromatic carbocycles. The number of carbonyl (C=O) groups is 4. The predicted octanol–water partition coefficient (Wildman–Crippen LogP) is 3.76. The number of anilines is 1. The van der Waals surface area contributed by atoms with Gasteiger partial charge in [-0.05, 0) is 46.8 Å². The first kappa shape index (κ1) is 29.5. The van der Waals surface area contributed by atoms with Gasteiger partial charge in [-0.3, -0.25) is 14.4 Å². The van der Waals surface area contributed by atoms with Gasteiger partial charge in [0.05, 0.1) is 24.4 Å². The summed E-state index contributed by atoms with van der Waals surface area (Å²) >= 11 is 0. The van der Waals surface area contributed by atoms with Crippen LogP contribution < -0.4 is 10.6 Å². The molecule has 2 rings (SSSR count). The zero-order valence-corrected chi connectivity index (χ0v) is 21.1. The van der Waals surface area contributed by atoms with E-state index in [2.05, 4.69) is 20.6 Å². The molecule has 0 spiro atoms. The summed E-state index contributed by atoms with van der Waals surface area (Å²) in [5.41, 5.74) is -0.418. The van der Waals surface area contributed by atoms with E-state index >= 15 is 0 Å². The number of aryl methyl sites for hydroxylation is 1. The Morgan fingerprint density at radius 2 is 1.76 bits per heavy atom. The molecule has 0 aliphatic carbocycles. The van der Waals surface area contributed by atoms with Crippen molar-refractivity contribution >= 4 is 40.5 Å². The molecular formula is C24H29F3N4O6. The van der Waals surface area contributed by atoms with Gasteiger partial charge in [-0.2, -0.15) is 13.2 Å².